The van der Waals surface area contributed by atoms with Crippen molar-refractivity contribution in [2.45, 2.75) is 18.4 Å². The Balaban J connectivity index is 1.77. The highest BCUT2D eigenvalue weighted by Gasteiger charge is 2.45. The van der Waals surface area contributed by atoms with Gasteiger partial charge in [0.05, 0.1) is 21.3 Å². The zero-order chi connectivity index (χ0) is 11.3. The summed E-state index contributed by atoms with van der Waals surface area (Å²) in [6.45, 7) is 3.47. The third kappa shape index (κ3) is 1.34. The predicted molar refractivity (Wildman–Crippen MR) is 71.8 cm³/mol. The van der Waals surface area contributed by atoms with Crippen LogP contribution < -0.4 is 10.2 Å². The molecule has 0 bridgehead atoms. The van der Waals surface area contributed by atoms with E-state index < -0.39 is 0 Å². The lowest BCUT2D eigenvalue weighted by Gasteiger charge is -2.47. The van der Waals surface area contributed by atoms with Crippen molar-refractivity contribution in [3.05, 3.63) is 23.7 Å². The van der Waals surface area contributed by atoms with E-state index in [4.69, 9.17) is 0 Å². The van der Waals surface area contributed by atoms with Gasteiger partial charge in [0.1, 0.15) is 0 Å². The monoisotopic (exact) mass is 245 g/mol. The van der Waals surface area contributed by atoms with Crippen LogP contribution in [0.4, 0.5) is 5.69 Å². The van der Waals surface area contributed by atoms with Crippen LogP contribution >= 0.6 is 11.3 Å². The van der Waals surface area contributed by atoms with Gasteiger partial charge in [-0.15, -0.1) is 11.3 Å². The molecule has 1 aromatic carbocycles. The molecule has 2 saturated heterocycles. The van der Waals surface area contributed by atoms with Crippen molar-refractivity contribution in [1.29, 1.82) is 0 Å². The van der Waals surface area contributed by atoms with Crippen LogP contribution in [-0.2, 0) is 0 Å². The fourth-order valence-electron chi connectivity index (χ4n) is 3.14. The summed E-state index contributed by atoms with van der Waals surface area (Å²) in [5.74, 6) is 0. The summed E-state index contributed by atoms with van der Waals surface area (Å²) in [5.41, 5.74) is 4.83. The first-order chi connectivity index (χ1) is 8.37. The normalized spacial score (nSPS) is 22.2. The van der Waals surface area contributed by atoms with E-state index in [1.165, 1.54) is 29.8 Å². The first-order valence-corrected chi connectivity index (χ1v) is 7.07. The molecule has 17 heavy (non-hydrogen) atoms. The highest BCUT2D eigenvalue weighted by Crippen LogP contribution is 2.37. The maximum Gasteiger partial charge on any atom is 0.0832 e. The van der Waals surface area contributed by atoms with E-state index in [0.717, 1.165) is 18.6 Å². The molecular formula is C13H15N3S. The van der Waals surface area contributed by atoms with Crippen molar-refractivity contribution in [1.82, 2.24) is 10.3 Å². The summed E-state index contributed by atoms with van der Waals surface area (Å²) in [6.07, 6.45) is 2.64. The van der Waals surface area contributed by atoms with E-state index >= 15 is 0 Å². The van der Waals surface area contributed by atoms with E-state index in [9.17, 15) is 0 Å². The van der Waals surface area contributed by atoms with E-state index in [2.05, 4.69) is 33.4 Å². The van der Waals surface area contributed by atoms with E-state index in [1.807, 2.05) is 5.51 Å². The average Bonchev–Trinajstić information content (AvgIpc) is 2.93. The Morgan fingerprint density at radius 2 is 2.29 bits per heavy atom. The Bertz CT molecular complexity index is 559. The molecule has 4 heteroatoms. The highest BCUT2D eigenvalue weighted by molar-refractivity contribution is 7.16. The zero-order valence-corrected chi connectivity index (χ0v) is 10.5. The molecule has 2 aliphatic rings. The van der Waals surface area contributed by atoms with Gasteiger partial charge in [-0.05, 0) is 31.0 Å². The van der Waals surface area contributed by atoms with Gasteiger partial charge in [0.25, 0.3) is 0 Å². The van der Waals surface area contributed by atoms with Gasteiger partial charge in [-0.25, -0.2) is 4.98 Å². The highest BCUT2D eigenvalue weighted by atomic mass is 32.1. The molecule has 1 aromatic heterocycles. The molecule has 1 N–H and O–H groups in total. The Labute approximate surface area is 104 Å². The molecule has 0 radical (unpaired) electrons. The maximum absolute atomic E-state index is 4.42. The summed E-state index contributed by atoms with van der Waals surface area (Å²) in [4.78, 5) is 7.00. The fraction of sp³-hybridized carbons (Fsp3) is 0.462. The van der Waals surface area contributed by atoms with Crippen LogP contribution in [0, 0.1) is 0 Å². The second-order valence-corrected chi connectivity index (χ2v) is 5.97. The van der Waals surface area contributed by atoms with Gasteiger partial charge in [-0.3, -0.25) is 0 Å². The molecule has 2 aromatic rings. The molecule has 0 amide bonds. The van der Waals surface area contributed by atoms with Crippen LogP contribution in [0.25, 0.3) is 10.2 Å². The summed E-state index contributed by atoms with van der Waals surface area (Å²) in [6, 6.07) is 6.71. The fourth-order valence-corrected chi connectivity index (χ4v) is 3.80. The molecule has 0 atom stereocenters. The second-order valence-electron chi connectivity index (χ2n) is 5.09. The van der Waals surface area contributed by atoms with Gasteiger partial charge in [0, 0.05) is 25.3 Å². The van der Waals surface area contributed by atoms with Gasteiger partial charge in [0.2, 0.25) is 0 Å². The van der Waals surface area contributed by atoms with Crippen molar-refractivity contribution in [3.63, 3.8) is 0 Å². The molecule has 4 rings (SSSR count). The van der Waals surface area contributed by atoms with Gasteiger partial charge >= 0.3 is 0 Å². The quantitative estimate of drug-likeness (QED) is 0.835. The first-order valence-electron chi connectivity index (χ1n) is 6.19. The predicted octanol–water partition coefficient (Wildman–Crippen LogP) is 2.24. The number of anilines is 1. The third-order valence-electron chi connectivity index (χ3n) is 4.13. The van der Waals surface area contributed by atoms with Gasteiger partial charge in [0.15, 0.2) is 0 Å². The van der Waals surface area contributed by atoms with Crippen molar-refractivity contribution < 1.29 is 0 Å². The van der Waals surface area contributed by atoms with Gasteiger partial charge in [-0.2, -0.15) is 0 Å². The Morgan fingerprint density at radius 3 is 3.12 bits per heavy atom. The number of aromatic nitrogens is 1. The number of nitrogens with zero attached hydrogens (tertiary/aromatic N) is 2. The molecule has 0 saturated carbocycles. The van der Waals surface area contributed by atoms with Crippen molar-refractivity contribution >= 4 is 27.2 Å². The number of rotatable bonds is 1. The summed E-state index contributed by atoms with van der Waals surface area (Å²) >= 11 is 1.72. The topological polar surface area (TPSA) is 28.2 Å². The van der Waals surface area contributed by atoms with E-state index in [-0.39, 0.29) is 0 Å². The first kappa shape index (κ1) is 9.85. The largest absolute Gasteiger partial charge is 0.363 e. The summed E-state index contributed by atoms with van der Waals surface area (Å²) in [5, 5.41) is 3.42. The standard InChI is InChI=1S/C13H15N3S/c1-4-13(7-14-8-13)16(5-1)10-2-3-12-11(6-10)15-9-17-12/h2-3,6,9,14H,1,4-5,7-8H2. The van der Waals surface area contributed by atoms with Crippen LogP contribution in [0.3, 0.4) is 0 Å². The minimum atomic E-state index is 0.406. The number of hydrogen-bond donors (Lipinski definition) is 1. The van der Waals surface area contributed by atoms with Gasteiger partial charge in [-0.1, -0.05) is 0 Å². The molecule has 0 unspecified atom stereocenters. The Kier molecular flexibility index (Phi) is 1.99. The third-order valence-corrected chi connectivity index (χ3v) is 4.94. The van der Waals surface area contributed by atoms with Crippen LogP contribution in [-0.4, -0.2) is 30.2 Å². The number of nitrogens with one attached hydrogen (secondary N) is 1. The number of fused-ring (bicyclic) bond motifs is 1. The number of benzene rings is 1. The lowest BCUT2D eigenvalue weighted by atomic mass is 9.89. The lowest BCUT2D eigenvalue weighted by molar-refractivity contribution is 0.282. The summed E-state index contributed by atoms with van der Waals surface area (Å²) in [7, 11) is 0. The number of thiazole rings is 1. The van der Waals surface area contributed by atoms with Crippen molar-refractivity contribution in [2.75, 3.05) is 24.5 Å². The van der Waals surface area contributed by atoms with E-state index in [0.29, 0.717) is 5.54 Å². The molecule has 3 nitrogen and oxygen atoms in total. The molecule has 3 heterocycles. The molecule has 0 aliphatic carbocycles. The zero-order valence-electron chi connectivity index (χ0n) is 9.65. The van der Waals surface area contributed by atoms with E-state index in [1.54, 1.807) is 11.3 Å². The van der Waals surface area contributed by atoms with Crippen LogP contribution in [0.1, 0.15) is 12.8 Å². The smallest absolute Gasteiger partial charge is 0.0832 e. The maximum atomic E-state index is 4.42. The SMILES string of the molecule is c1nc2cc(N3CCCC34CNC4)ccc2s1. The number of hydrogen-bond acceptors (Lipinski definition) is 4. The minimum Gasteiger partial charge on any atom is -0.363 e. The lowest BCUT2D eigenvalue weighted by Crippen LogP contribution is -2.66. The molecule has 2 aliphatic heterocycles. The molecule has 88 valence electrons. The van der Waals surface area contributed by atoms with Gasteiger partial charge < -0.3 is 10.2 Å². The summed E-state index contributed by atoms with van der Waals surface area (Å²) < 4.78 is 1.29. The van der Waals surface area contributed by atoms with Crippen molar-refractivity contribution in [3.8, 4) is 0 Å². The molecule has 1 spiro atoms. The van der Waals surface area contributed by atoms with Crippen LogP contribution in [0.2, 0.25) is 0 Å². The Morgan fingerprint density at radius 1 is 1.35 bits per heavy atom. The average molecular weight is 245 g/mol. The van der Waals surface area contributed by atoms with Crippen LogP contribution in [0.15, 0.2) is 23.7 Å². The Hall–Kier alpha value is -1.13. The molecule has 2 fully saturated rings. The van der Waals surface area contributed by atoms with Crippen molar-refractivity contribution in [2.24, 2.45) is 0 Å². The molecular weight excluding hydrogens is 230 g/mol. The van der Waals surface area contributed by atoms with Crippen LogP contribution in [0.5, 0.6) is 0 Å². The second kappa shape index (κ2) is 3.43. The minimum absolute atomic E-state index is 0.406.